The second-order valence-corrected chi connectivity index (χ2v) is 6.94. The highest BCUT2D eigenvalue weighted by Crippen LogP contribution is 2.22. The number of nitrogens with zero attached hydrogens (tertiary/aromatic N) is 1. The number of benzene rings is 1. The standard InChI is InChI=1S/C17H25NO2S/c1-14-4-6-16(7-5-14)21-12-9-17(20)18-10-2-3-15(13-18)8-11-19/h4-7,15,19H,2-3,8-13H2,1H3. The summed E-state index contributed by atoms with van der Waals surface area (Å²) in [5.74, 6) is 1.58. The van der Waals surface area contributed by atoms with Crippen molar-refractivity contribution in [2.24, 2.45) is 5.92 Å². The number of thioether (sulfide) groups is 1. The summed E-state index contributed by atoms with van der Waals surface area (Å²) in [6.45, 7) is 4.03. The maximum Gasteiger partial charge on any atom is 0.223 e. The van der Waals surface area contributed by atoms with Crippen molar-refractivity contribution in [2.45, 2.75) is 37.5 Å². The predicted molar refractivity (Wildman–Crippen MR) is 87.5 cm³/mol. The molecule has 1 saturated heterocycles. The number of likely N-dealkylation sites (tertiary alicyclic amines) is 1. The van der Waals surface area contributed by atoms with Crippen LogP contribution in [0, 0.1) is 12.8 Å². The predicted octanol–water partition coefficient (Wildman–Crippen LogP) is 3.10. The summed E-state index contributed by atoms with van der Waals surface area (Å²) in [7, 11) is 0. The molecule has 1 fully saturated rings. The van der Waals surface area contributed by atoms with Crippen molar-refractivity contribution in [2.75, 3.05) is 25.4 Å². The van der Waals surface area contributed by atoms with E-state index in [-0.39, 0.29) is 12.5 Å². The number of hydrogen-bond donors (Lipinski definition) is 1. The molecule has 0 saturated carbocycles. The van der Waals surface area contributed by atoms with Gasteiger partial charge in [0.15, 0.2) is 0 Å². The highest BCUT2D eigenvalue weighted by molar-refractivity contribution is 7.99. The first-order valence-electron chi connectivity index (χ1n) is 7.77. The normalized spacial score (nSPS) is 18.8. The Morgan fingerprint density at radius 3 is 2.86 bits per heavy atom. The Bertz CT molecular complexity index is 445. The molecule has 116 valence electrons. The van der Waals surface area contributed by atoms with Gasteiger partial charge < -0.3 is 10.0 Å². The van der Waals surface area contributed by atoms with Crippen LogP contribution in [0.1, 0.15) is 31.2 Å². The molecule has 3 nitrogen and oxygen atoms in total. The number of amides is 1. The van der Waals surface area contributed by atoms with Crippen molar-refractivity contribution in [3.8, 4) is 0 Å². The zero-order valence-electron chi connectivity index (χ0n) is 12.8. The second-order valence-electron chi connectivity index (χ2n) is 5.77. The van der Waals surface area contributed by atoms with Gasteiger partial charge in [0.2, 0.25) is 5.91 Å². The molecule has 1 aromatic carbocycles. The van der Waals surface area contributed by atoms with Gasteiger partial charge in [0.1, 0.15) is 0 Å². The maximum absolute atomic E-state index is 12.2. The van der Waals surface area contributed by atoms with Crippen LogP contribution in [0.5, 0.6) is 0 Å². The van der Waals surface area contributed by atoms with Gasteiger partial charge in [-0.25, -0.2) is 0 Å². The molecule has 1 aliphatic heterocycles. The fraction of sp³-hybridized carbons (Fsp3) is 0.588. The summed E-state index contributed by atoms with van der Waals surface area (Å²) in [6.07, 6.45) is 3.64. The summed E-state index contributed by atoms with van der Waals surface area (Å²) >= 11 is 1.75. The Labute approximate surface area is 131 Å². The molecule has 0 spiro atoms. The van der Waals surface area contributed by atoms with Gasteiger partial charge in [-0.15, -0.1) is 11.8 Å². The number of carbonyl (C=O) groups is 1. The van der Waals surface area contributed by atoms with E-state index in [2.05, 4.69) is 31.2 Å². The van der Waals surface area contributed by atoms with Gasteiger partial charge in [-0.3, -0.25) is 4.79 Å². The summed E-state index contributed by atoms with van der Waals surface area (Å²) < 4.78 is 0. The van der Waals surface area contributed by atoms with E-state index in [1.165, 1.54) is 10.5 Å². The van der Waals surface area contributed by atoms with Gasteiger partial charge in [-0.1, -0.05) is 17.7 Å². The van der Waals surface area contributed by atoms with Crippen molar-refractivity contribution in [1.82, 2.24) is 4.90 Å². The molecule has 1 unspecified atom stereocenters. The van der Waals surface area contributed by atoms with E-state index in [0.29, 0.717) is 12.3 Å². The van der Waals surface area contributed by atoms with Crippen molar-refractivity contribution in [3.05, 3.63) is 29.8 Å². The summed E-state index contributed by atoms with van der Waals surface area (Å²) in [5, 5.41) is 9.02. The van der Waals surface area contributed by atoms with Crippen molar-refractivity contribution in [1.29, 1.82) is 0 Å². The van der Waals surface area contributed by atoms with Gasteiger partial charge in [0, 0.05) is 36.8 Å². The van der Waals surface area contributed by atoms with Crippen LogP contribution in [-0.4, -0.2) is 41.4 Å². The second kappa shape index (κ2) is 8.44. The van der Waals surface area contributed by atoms with E-state index in [4.69, 9.17) is 5.11 Å². The third kappa shape index (κ3) is 5.36. The Morgan fingerprint density at radius 1 is 1.38 bits per heavy atom. The molecule has 1 N–H and O–H groups in total. The number of piperidine rings is 1. The van der Waals surface area contributed by atoms with E-state index >= 15 is 0 Å². The van der Waals surface area contributed by atoms with E-state index in [1.54, 1.807) is 11.8 Å². The van der Waals surface area contributed by atoms with Crippen LogP contribution in [0.3, 0.4) is 0 Å². The quantitative estimate of drug-likeness (QED) is 0.821. The minimum atomic E-state index is 0.232. The average Bonchev–Trinajstić information content (AvgIpc) is 2.50. The fourth-order valence-corrected chi connectivity index (χ4v) is 3.60. The van der Waals surface area contributed by atoms with Gasteiger partial charge >= 0.3 is 0 Å². The highest BCUT2D eigenvalue weighted by atomic mass is 32.2. The summed E-state index contributed by atoms with van der Waals surface area (Å²) in [6, 6.07) is 8.44. The first-order valence-corrected chi connectivity index (χ1v) is 8.75. The van der Waals surface area contributed by atoms with Gasteiger partial charge in [-0.05, 0) is 44.2 Å². The van der Waals surface area contributed by atoms with Crippen LogP contribution in [0.2, 0.25) is 0 Å². The summed E-state index contributed by atoms with van der Waals surface area (Å²) in [5.41, 5.74) is 1.26. The first-order chi connectivity index (χ1) is 10.2. The Hall–Kier alpha value is -1.00. The average molecular weight is 307 g/mol. The number of rotatable bonds is 6. The lowest BCUT2D eigenvalue weighted by molar-refractivity contribution is -0.132. The van der Waals surface area contributed by atoms with Crippen molar-refractivity contribution < 1.29 is 9.90 Å². The number of aryl methyl sites for hydroxylation is 1. The summed E-state index contributed by atoms with van der Waals surface area (Å²) in [4.78, 5) is 15.5. The van der Waals surface area contributed by atoms with Gasteiger partial charge in [0.05, 0.1) is 0 Å². The Morgan fingerprint density at radius 2 is 2.14 bits per heavy atom. The molecule has 0 aliphatic carbocycles. The molecule has 1 heterocycles. The van der Waals surface area contributed by atoms with E-state index in [9.17, 15) is 4.79 Å². The molecule has 0 aromatic heterocycles. The number of aliphatic hydroxyl groups excluding tert-OH is 1. The first kappa shape index (κ1) is 16.4. The Kier molecular flexibility index (Phi) is 6.58. The van der Waals surface area contributed by atoms with Crippen molar-refractivity contribution in [3.63, 3.8) is 0 Å². The maximum atomic E-state index is 12.2. The zero-order chi connectivity index (χ0) is 15.1. The third-order valence-electron chi connectivity index (χ3n) is 4.01. The lowest BCUT2D eigenvalue weighted by Gasteiger charge is -2.32. The molecule has 1 aromatic rings. The largest absolute Gasteiger partial charge is 0.396 e. The third-order valence-corrected chi connectivity index (χ3v) is 5.03. The van der Waals surface area contributed by atoms with Crippen molar-refractivity contribution >= 4 is 17.7 Å². The van der Waals surface area contributed by atoms with E-state index in [0.717, 1.165) is 38.1 Å². The Balaban J connectivity index is 1.72. The molecular formula is C17H25NO2S. The van der Waals surface area contributed by atoms with Gasteiger partial charge in [0.25, 0.3) is 0 Å². The van der Waals surface area contributed by atoms with Crippen LogP contribution >= 0.6 is 11.8 Å². The lowest BCUT2D eigenvalue weighted by Crippen LogP contribution is -2.40. The molecule has 4 heteroatoms. The molecule has 1 aliphatic rings. The number of hydrogen-bond acceptors (Lipinski definition) is 3. The lowest BCUT2D eigenvalue weighted by atomic mass is 9.95. The smallest absolute Gasteiger partial charge is 0.223 e. The van der Waals surface area contributed by atoms with Gasteiger partial charge in [-0.2, -0.15) is 0 Å². The minimum absolute atomic E-state index is 0.232. The van der Waals surface area contributed by atoms with Crippen LogP contribution in [0.25, 0.3) is 0 Å². The molecule has 1 atom stereocenters. The molecule has 1 amide bonds. The molecule has 2 rings (SSSR count). The highest BCUT2D eigenvalue weighted by Gasteiger charge is 2.22. The molecule has 21 heavy (non-hydrogen) atoms. The topological polar surface area (TPSA) is 40.5 Å². The monoisotopic (exact) mass is 307 g/mol. The molecular weight excluding hydrogens is 282 g/mol. The van der Waals surface area contributed by atoms with E-state index in [1.807, 2.05) is 4.90 Å². The SMILES string of the molecule is Cc1ccc(SCCC(=O)N2CCCC(CCO)C2)cc1. The van der Waals surface area contributed by atoms with Crippen LogP contribution in [-0.2, 0) is 4.79 Å². The zero-order valence-corrected chi connectivity index (χ0v) is 13.6. The number of carbonyl (C=O) groups excluding carboxylic acids is 1. The fourth-order valence-electron chi connectivity index (χ4n) is 2.76. The molecule has 0 bridgehead atoms. The van der Waals surface area contributed by atoms with Crippen LogP contribution in [0.15, 0.2) is 29.2 Å². The molecule has 0 radical (unpaired) electrons. The van der Waals surface area contributed by atoms with E-state index < -0.39 is 0 Å². The minimum Gasteiger partial charge on any atom is -0.396 e. The van der Waals surface area contributed by atoms with Crippen LogP contribution in [0.4, 0.5) is 0 Å². The van der Waals surface area contributed by atoms with Crippen LogP contribution < -0.4 is 0 Å². The number of aliphatic hydroxyl groups is 1.